The number of nitroso groups, excluding NO2 is 1. The van der Waals surface area contributed by atoms with E-state index in [1.165, 1.54) is 56.1 Å². The van der Waals surface area contributed by atoms with Gasteiger partial charge < -0.3 is 5.11 Å². The zero-order chi connectivity index (χ0) is 24.7. The van der Waals surface area contributed by atoms with Crippen molar-refractivity contribution in [3.63, 3.8) is 0 Å². The van der Waals surface area contributed by atoms with Gasteiger partial charge in [0.2, 0.25) is 0 Å². The topological polar surface area (TPSA) is 49.7 Å². The lowest BCUT2D eigenvalue weighted by molar-refractivity contribution is -0.233. The van der Waals surface area contributed by atoms with Crippen molar-refractivity contribution in [3.05, 3.63) is 29.2 Å². The molecule has 10 unspecified atom stereocenters. The van der Waals surface area contributed by atoms with Gasteiger partial charge in [0.1, 0.15) is 0 Å². The van der Waals surface area contributed by atoms with Gasteiger partial charge in [-0.3, -0.25) is 0 Å². The summed E-state index contributed by atoms with van der Waals surface area (Å²) in [6.07, 6.45) is 12.1. The van der Waals surface area contributed by atoms with Crippen LogP contribution in [0.25, 0.3) is 0 Å². The molecule has 3 heteroatoms. The smallest absolute Gasteiger partial charge is 0.0870 e. The summed E-state index contributed by atoms with van der Waals surface area (Å²) in [6, 6.07) is 0. The van der Waals surface area contributed by atoms with Crippen molar-refractivity contribution in [1.29, 1.82) is 0 Å². The first-order valence-electron chi connectivity index (χ1n) is 14.2. The van der Waals surface area contributed by atoms with E-state index in [-0.39, 0.29) is 22.9 Å². The number of allylic oxidation sites excluding steroid dienone is 1. The second-order valence-corrected chi connectivity index (χ2v) is 14.5. The minimum Gasteiger partial charge on any atom is -0.395 e. The SMILES string of the molecule is C=C(C)C1CCC2(CN=O)CCC3(C)C(CCC4C5(C)CCC(=C)C(C)(CO)C5CCC43C)C12. The number of aliphatic hydroxyl groups excluding tert-OH is 1. The first-order chi connectivity index (χ1) is 15.9. The molecule has 5 aliphatic carbocycles. The van der Waals surface area contributed by atoms with Crippen molar-refractivity contribution in [2.45, 2.75) is 98.8 Å². The van der Waals surface area contributed by atoms with Gasteiger partial charge in [-0.15, -0.1) is 0 Å². The molecule has 5 aliphatic rings. The molecular formula is C31H49NO2. The third-order valence-electron chi connectivity index (χ3n) is 13.8. The van der Waals surface area contributed by atoms with Crippen molar-refractivity contribution in [1.82, 2.24) is 0 Å². The standard InChI is InChI=1S/C31H49NO2/c1-20(2)22-11-15-31(18-32-34)17-16-29(6)23(26(22)31)8-9-25-27(4)13-10-21(3)28(5,19-33)24(27)12-14-30(25,29)7/h22-26,33H,1,3,8-19H2,2,4-7H3. The number of rotatable bonds is 4. The van der Waals surface area contributed by atoms with Crippen LogP contribution in [-0.2, 0) is 0 Å². The van der Waals surface area contributed by atoms with Crippen molar-refractivity contribution in [2.75, 3.05) is 13.2 Å². The Hall–Kier alpha value is -0.960. The summed E-state index contributed by atoms with van der Waals surface area (Å²) < 4.78 is 0. The average molecular weight is 468 g/mol. The van der Waals surface area contributed by atoms with E-state index >= 15 is 0 Å². The van der Waals surface area contributed by atoms with E-state index in [1.54, 1.807) is 0 Å². The maximum absolute atomic E-state index is 11.6. The van der Waals surface area contributed by atoms with Crippen LogP contribution < -0.4 is 0 Å². The van der Waals surface area contributed by atoms with E-state index in [0.29, 0.717) is 47.0 Å². The fraction of sp³-hybridized carbons (Fsp3) is 0.871. The van der Waals surface area contributed by atoms with Gasteiger partial charge in [0, 0.05) is 5.41 Å². The quantitative estimate of drug-likeness (QED) is 0.337. The summed E-state index contributed by atoms with van der Waals surface area (Å²) in [7, 11) is 0. The third-order valence-corrected chi connectivity index (χ3v) is 13.8. The fourth-order valence-electron chi connectivity index (χ4n) is 11.6. The molecule has 0 spiro atoms. The molecule has 5 fully saturated rings. The maximum atomic E-state index is 11.6. The molecule has 34 heavy (non-hydrogen) atoms. The molecular weight excluding hydrogens is 418 g/mol. The minimum atomic E-state index is -0.139. The molecule has 0 aromatic rings. The molecule has 0 bridgehead atoms. The number of fused-ring (bicyclic) bond motifs is 7. The molecule has 3 nitrogen and oxygen atoms in total. The molecule has 0 aromatic carbocycles. The molecule has 1 N–H and O–H groups in total. The van der Waals surface area contributed by atoms with Crippen molar-refractivity contribution in [3.8, 4) is 0 Å². The highest BCUT2D eigenvalue weighted by Gasteiger charge is 2.70. The first kappa shape index (κ1) is 24.7. The Labute approximate surface area is 208 Å². The first-order valence-corrected chi connectivity index (χ1v) is 14.2. The van der Waals surface area contributed by atoms with Crippen LogP contribution in [0.1, 0.15) is 98.8 Å². The molecule has 190 valence electrons. The molecule has 0 radical (unpaired) electrons. The van der Waals surface area contributed by atoms with Crippen LogP contribution in [-0.4, -0.2) is 18.3 Å². The Balaban J connectivity index is 1.55. The second kappa shape index (κ2) is 7.77. The summed E-state index contributed by atoms with van der Waals surface area (Å²) in [5, 5.41) is 14.1. The van der Waals surface area contributed by atoms with Crippen molar-refractivity contribution < 1.29 is 5.11 Å². The molecule has 5 rings (SSSR count). The average Bonchev–Trinajstić information content (AvgIpc) is 3.17. The number of aliphatic hydroxyl groups is 1. The van der Waals surface area contributed by atoms with Crippen molar-refractivity contribution in [2.24, 2.45) is 61.8 Å². The highest BCUT2D eigenvalue weighted by molar-refractivity contribution is 5.25. The van der Waals surface area contributed by atoms with Crippen LogP contribution >= 0.6 is 0 Å². The van der Waals surface area contributed by atoms with E-state index in [4.69, 9.17) is 0 Å². The monoisotopic (exact) mass is 467 g/mol. The minimum absolute atomic E-state index is 0.109. The van der Waals surface area contributed by atoms with E-state index < -0.39 is 0 Å². The summed E-state index contributed by atoms with van der Waals surface area (Å²) in [5.74, 6) is 3.01. The fourth-order valence-corrected chi connectivity index (χ4v) is 11.6. The molecule has 10 atom stereocenters. The Kier molecular flexibility index (Phi) is 5.65. The van der Waals surface area contributed by atoms with E-state index in [2.05, 4.69) is 53.0 Å². The zero-order valence-corrected chi connectivity index (χ0v) is 22.6. The van der Waals surface area contributed by atoms with Gasteiger partial charge in [-0.2, -0.15) is 4.91 Å². The van der Waals surface area contributed by atoms with Gasteiger partial charge in [0.15, 0.2) is 0 Å². The Morgan fingerprint density at radius 3 is 2.35 bits per heavy atom. The predicted octanol–water partition coefficient (Wildman–Crippen LogP) is 7.94. The lowest BCUT2D eigenvalue weighted by Crippen LogP contribution is -2.66. The van der Waals surface area contributed by atoms with Crippen LogP contribution in [0.4, 0.5) is 0 Å². The third kappa shape index (κ3) is 2.86. The number of nitrogens with zero attached hydrogens (tertiary/aromatic N) is 1. The molecule has 5 saturated carbocycles. The summed E-state index contributed by atoms with van der Waals surface area (Å²) >= 11 is 0. The maximum Gasteiger partial charge on any atom is 0.0870 e. The van der Waals surface area contributed by atoms with Gasteiger partial charge in [-0.25, -0.2) is 0 Å². The largest absolute Gasteiger partial charge is 0.395 e. The Morgan fingerprint density at radius 1 is 0.971 bits per heavy atom. The van der Waals surface area contributed by atoms with Gasteiger partial charge in [0.05, 0.1) is 13.2 Å². The molecule has 0 heterocycles. The second-order valence-electron chi connectivity index (χ2n) is 14.5. The number of hydrogen-bond acceptors (Lipinski definition) is 3. The summed E-state index contributed by atoms with van der Waals surface area (Å²) in [4.78, 5) is 11.6. The lowest BCUT2D eigenvalue weighted by atomic mass is 9.32. The van der Waals surface area contributed by atoms with Gasteiger partial charge in [-0.05, 0) is 122 Å². The van der Waals surface area contributed by atoms with E-state index in [0.717, 1.165) is 19.3 Å². The predicted molar refractivity (Wildman–Crippen MR) is 140 cm³/mol. The lowest BCUT2D eigenvalue weighted by Gasteiger charge is -2.72. The van der Waals surface area contributed by atoms with Crippen LogP contribution in [0.5, 0.6) is 0 Å². The highest BCUT2D eigenvalue weighted by atomic mass is 16.3. The summed E-state index contributed by atoms with van der Waals surface area (Å²) in [6.45, 7) is 22.0. The van der Waals surface area contributed by atoms with Gasteiger partial charge >= 0.3 is 0 Å². The van der Waals surface area contributed by atoms with Crippen molar-refractivity contribution >= 4 is 0 Å². The van der Waals surface area contributed by atoms with Gasteiger partial charge in [-0.1, -0.05) is 57.2 Å². The molecule has 0 amide bonds. The summed E-state index contributed by atoms with van der Waals surface area (Å²) in [5.41, 5.74) is 3.44. The van der Waals surface area contributed by atoms with Crippen LogP contribution in [0.2, 0.25) is 0 Å². The molecule has 0 saturated heterocycles. The van der Waals surface area contributed by atoms with Crippen LogP contribution in [0.3, 0.4) is 0 Å². The van der Waals surface area contributed by atoms with Crippen LogP contribution in [0.15, 0.2) is 29.5 Å². The van der Waals surface area contributed by atoms with E-state index in [9.17, 15) is 10.0 Å². The van der Waals surface area contributed by atoms with Gasteiger partial charge in [0.25, 0.3) is 0 Å². The Morgan fingerprint density at radius 2 is 1.71 bits per heavy atom. The van der Waals surface area contributed by atoms with Crippen LogP contribution in [0, 0.1) is 61.6 Å². The normalized spacial score (nSPS) is 54.4. The number of hydrogen-bond donors (Lipinski definition) is 1. The Bertz CT molecular complexity index is 896. The zero-order valence-electron chi connectivity index (χ0n) is 22.6. The molecule has 0 aliphatic heterocycles. The highest BCUT2D eigenvalue weighted by Crippen LogP contribution is 2.77. The van der Waals surface area contributed by atoms with E-state index in [1.807, 2.05) is 0 Å². The molecule has 0 aromatic heterocycles.